The predicted molar refractivity (Wildman–Crippen MR) is 110 cm³/mol. The van der Waals surface area contributed by atoms with Crippen LogP contribution in [0.2, 0.25) is 0 Å². The minimum absolute atomic E-state index is 0.00103. The molecule has 0 spiro atoms. The number of hydrogen-bond donors (Lipinski definition) is 0. The fraction of sp³-hybridized carbons (Fsp3) is 0.375. The van der Waals surface area contributed by atoms with Gasteiger partial charge in [-0.25, -0.2) is 0 Å². The number of carbonyl (C=O) groups is 1. The molecule has 1 aliphatic rings. The number of benzene rings is 2. The highest BCUT2D eigenvalue weighted by atomic mass is 16.1. The summed E-state index contributed by atoms with van der Waals surface area (Å²) in [6, 6.07) is 15.9. The predicted octanol–water partition coefficient (Wildman–Crippen LogP) is 5.46. The third-order valence-electron chi connectivity index (χ3n) is 5.82. The lowest BCUT2D eigenvalue weighted by molar-refractivity contribution is 0.0868. The van der Waals surface area contributed by atoms with E-state index in [0.717, 1.165) is 48.1 Å². The Morgan fingerprint density at radius 2 is 1.81 bits per heavy atom. The molecular formula is C24H26N2O. The molecular weight excluding hydrogens is 332 g/mol. The second-order valence-corrected chi connectivity index (χ2v) is 7.43. The minimum atomic E-state index is 0.00103. The number of ketones is 1. The number of hydrogen-bond acceptors (Lipinski definition) is 3. The highest BCUT2D eigenvalue weighted by molar-refractivity contribution is 6.04. The van der Waals surface area contributed by atoms with E-state index in [0.29, 0.717) is 5.56 Å². The Hall–Kier alpha value is -2.73. The number of nitrogens with zero attached hydrogens (tertiary/aromatic N) is 2. The van der Waals surface area contributed by atoms with Crippen molar-refractivity contribution < 1.29 is 4.79 Å². The molecule has 0 heterocycles. The first kappa shape index (κ1) is 19.0. The Balaban J connectivity index is 1.92. The van der Waals surface area contributed by atoms with E-state index in [1.807, 2.05) is 49.4 Å². The molecule has 138 valence electrons. The molecule has 2 aromatic carbocycles. The first-order chi connectivity index (χ1) is 13.0. The molecule has 3 nitrogen and oxygen atoms in total. The van der Waals surface area contributed by atoms with E-state index in [-0.39, 0.29) is 17.6 Å². The molecule has 0 aromatic heterocycles. The Labute approximate surface area is 161 Å². The van der Waals surface area contributed by atoms with Crippen LogP contribution in [0.25, 0.3) is 0 Å². The smallest absolute Gasteiger partial charge is 0.166 e. The minimum Gasteiger partial charge on any atom is -0.294 e. The van der Waals surface area contributed by atoms with Crippen molar-refractivity contribution >= 4 is 11.5 Å². The number of rotatable bonds is 4. The summed E-state index contributed by atoms with van der Waals surface area (Å²) in [6.07, 6.45) is 4.19. The molecule has 0 saturated heterocycles. The van der Waals surface area contributed by atoms with Crippen molar-refractivity contribution in [3.8, 4) is 6.07 Å². The maximum Gasteiger partial charge on any atom is 0.166 e. The van der Waals surface area contributed by atoms with Crippen LogP contribution in [-0.4, -0.2) is 18.5 Å². The first-order valence-corrected chi connectivity index (χ1v) is 9.64. The van der Waals surface area contributed by atoms with E-state index in [2.05, 4.69) is 18.0 Å². The standard InChI is InChI=1S/C24H26N2O/c1-16-8-11-20(14-23(16)17(2)26-3)24(27)22-7-5-4-6-21(22)19-12-9-18(15-25)10-13-19/h8-14,21-22H,4-7H2,1-3H3/t21-,22?/m1/s1. The van der Waals surface area contributed by atoms with Gasteiger partial charge < -0.3 is 0 Å². The molecule has 3 rings (SSSR count). The fourth-order valence-corrected chi connectivity index (χ4v) is 4.15. The van der Waals surface area contributed by atoms with Crippen molar-refractivity contribution in [2.45, 2.75) is 45.4 Å². The van der Waals surface area contributed by atoms with Gasteiger partial charge in [0.2, 0.25) is 0 Å². The highest BCUT2D eigenvalue weighted by Crippen LogP contribution is 2.39. The number of aryl methyl sites for hydroxylation is 1. The zero-order chi connectivity index (χ0) is 19.4. The van der Waals surface area contributed by atoms with Gasteiger partial charge in [-0.15, -0.1) is 0 Å². The number of Topliss-reactive ketones (excluding diaryl/α,β-unsaturated/α-hetero) is 1. The van der Waals surface area contributed by atoms with Gasteiger partial charge >= 0.3 is 0 Å². The van der Waals surface area contributed by atoms with Crippen LogP contribution in [0.4, 0.5) is 0 Å². The summed E-state index contributed by atoms with van der Waals surface area (Å²) in [7, 11) is 1.78. The van der Waals surface area contributed by atoms with Gasteiger partial charge in [-0.2, -0.15) is 5.26 Å². The lowest BCUT2D eigenvalue weighted by Crippen LogP contribution is -2.26. The van der Waals surface area contributed by atoms with E-state index >= 15 is 0 Å². The lowest BCUT2D eigenvalue weighted by atomic mass is 9.72. The average molecular weight is 358 g/mol. The molecule has 1 saturated carbocycles. The number of nitriles is 1. The van der Waals surface area contributed by atoms with Gasteiger partial charge in [0.15, 0.2) is 5.78 Å². The van der Waals surface area contributed by atoms with E-state index in [1.54, 1.807) is 7.05 Å². The van der Waals surface area contributed by atoms with Gasteiger partial charge in [-0.1, -0.05) is 37.1 Å². The lowest BCUT2D eigenvalue weighted by Gasteiger charge is -2.31. The maximum absolute atomic E-state index is 13.4. The number of aliphatic imine (C=N–C) groups is 1. The van der Waals surface area contributed by atoms with Crippen molar-refractivity contribution in [3.63, 3.8) is 0 Å². The second kappa shape index (κ2) is 8.31. The van der Waals surface area contributed by atoms with Crippen molar-refractivity contribution in [2.75, 3.05) is 7.05 Å². The molecule has 2 aromatic rings. The quantitative estimate of drug-likeness (QED) is 0.538. The summed E-state index contributed by atoms with van der Waals surface area (Å²) in [5.41, 5.74) is 5.76. The van der Waals surface area contributed by atoms with Crippen molar-refractivity contribution in [3.05, 3.63) is 70.3 Å². The molecule has 0 bridgehead atoms. The average Bonchev–Trinajstić information content (AvgIpc) is 2.73. The summed E-state index contributed by atoms with van der Waals surface area (Å²) in [5.74, 6) is 0.458. The third-order valence-corrected chi connectivity index (χ3v) is 5.82. The van der Waals surface area contributed by atoms with Gasteiger partial charge in [0.25, 0.3) is 0 Å². The molecule has 0 amide bonds. The van der Waals surface area contributed by atoms with Gasteiger partial charge in [0, 0.05) is 24.2 Å². The van der Waals surface area contributed by atoms with Crippen molar-refractivity contribution in [1.82, 2.24) is 0 Å². The molecule has 0 N–H and O–H groups in total. The Morgan fingerprint density at radius 3 is 2.48 bits per heavy atom. The SMILES string of the molecule is CN=C(C)c1cc(C(=O)C2CCCC[C@@H]2c2ccc(C#N)cc2)ccc1C. The molecule has 27 heavy (non-hydrogen) atoms. The Morgan fingerprint density at radius 1 is 1.11 bits per heavy atom. The van der Waals surface area contributed by atoms with Crippen LogP contribution >= 0.6 is 0 Å². The van der Waals surface area contributed by atoms with E-state index < -0.39 is 0 Å². The van der Waals surface area contributed by atoms with Crippen LogP contribution in [0.3, 0.4) is 0 Å². The largest absolute Gasteiger partial charge is 0.294 e. The third kappa shape index (κ3) is 4.01. The monoisotopic (exact) mass is 358 g/mol. The van der Waals surface area contributed by atoms with Crippen LogP contribution in [0.1, 0.15) is 71.1 Å². The summed E-state index contributed by atoms with van der Waals surface area (Å²) in [6.45, 7) is 4.04. The van der Waals surface area contributed by atoms with Crippen LogP contribution in [-0.2, 0) is 0 Å². The van der Waals surface area contributed by atoms with Crippen LogP contribution in [0, 0.1) is 24.2 Å². The van der Waals surface area contributed by atoms with Crippen molar-refractivity contribution in [1.29, 1.82) is 5.26 Å². The normalized spacial score (nSPS) is 20.1. The van der Waals surface area contributed by atoms with Crippen molar-refractivity contribution in [2.24, 2.45) is 10.9 Å². The molecule has 1 aliphatic carbocycles. The second-order valence-electron chi connectivity index (χ2n) is 7.43. The topological polar surface area (TPSA) is 53.2 Å². The first-order valence-electron chi connectivity index (χ1n) is 9.64. The van der Waals surface area contributed by atoms with Gasteiger partial charge in [0.1, 0.15) is 0 Å². The summed E-state index contributed by atoms with van der Waals surface area (Å²) in [5, 5.41) is 9.03. The molecule has 0 radical (unpaired) electrons. The summed E-state index contributed by atoms with van der Waals surface area (Å²) >= 11 is 0. The van der Waals surface area contributed by atoms with Crippen LogP contribution in [0.15, 0.2) is 47.5 Å². The molecule has 3 heteroatoms. The van der Waals surface area contributed by atoms with Crippen LogP contribution < -0.4 is 0 Å². The van der Waals surface area contributed by atoms with E-state index in [4.69, 9.17) is 5.26 Å². The Bertz CT molecular complexity index is 903. The fourth-order valence-electron chi connectivity index (χ4n) is 4.15. The zero-order valence-corrected chi connectivity index (χ0v) is 16.3. The molecule has 1 unspecified atom stereocenters. The maximum atomic E-state index is 13.4. The van der Waals surface area contributed by atoms with Gasteiger partial charge in [-0.3, -0.25) is 9.79 Å². The van der Waals surface area contributed by atoms with Gasteiger partial charge in [-0.05, 0) is 67.5 Å². The highest BCUT2D eigenvalue weighted by Gasteiger charge is 2.32. The molecule has 0 aliphatic heterocycles. The molecule has 2 atom stereocenters. The molecule has 1 fully saturated rings. The van der Waals surface area contributed by atoms with Gasteiger partial charge in [0.05, 0.1) is 11.6 Å². The van der Waals surface area contributed by atoms with E-state index in [1.165, 1.54) is 5.56 Å². The van der Waals surface area contributed by atoms with Crippen LogP contribution in [0.5, 0.6) is 0 Å². The van der Waals surface area contributed by atoms with E-state index in [9.17, 15) is 4.79 Å². The zero-order valence-electron chi connectivity index (χ0n) is 16.3. The summed E-state index contributed by atoms with van der Waals surface area (Å²) < 4.78 is 0. The number of carbonyl (C=O) groups excluding carboxylic acids is 1. The summed E-state index contributed by atoms with van der Waals surface area (Å²) in [4.78, 5) is 17.7. The Kier molecular flexibility index (Phi) is 5.86.